The molecule has 0 radical (unpaired) electrons. The highest BCUT2D eigenvalue weighted by molar-refractivity contribution is 8.00. The highest BCUT2D eigenvalue weighted by Gasteiger charge is 2.39. The number of nitrogens with zero attached hydrogens (tertiary/aromatic N) is 3. The number of carbonyl (C=O) groups is 2. The largest absolute Gasteiger partial charge is 0.480 e. The minimum atomic E-state index is -1.05. The third-order valence-corrected chi connectivity index (χ3v) is 6.77. The van der Waals surface area contributed by atoms with Crippen molar-refractivity contribution in [3.63, 3.8) is 0 Å². The molecule has 1 unspecified atom stereocenters. The third kappa shape index (κ3) is 4.05. The number of carbonyl (C=O) groups excluding carboxylic acids is 1. The second kappa shape index (κ2) is 8.47. The van der Waals surface area contributed by atoms with Crippen LogP contribution in [0, 0.1) is 6.92 Å². The van der Waals surface area contributed by atoms with Crippen LogP contribution in [0.3, 0.4) is 0 Å². The van der Waals surface area contributed by atoms with Gasteiger partial charge >= 0.3 is 5.97 Å². The highest BCUT2D eigenvalue weighted by Crippen LogP contribution is 2.49. The van der Waals surface area contributed by atoms with Gasteiger partial charge in [0.2, 0.25) is 5.91 Å². The molecule has 0 bridgehead atoms. The molecule has 6 nitrogen and oxygen atoms in total. The maximum Gasteiger partial charge on any atom is 0.323 e. The van der Waals surface area contributed by atoms with Gasteiger partial charge in [0.05, 0.1) is 22.2 Å². The van der Waals surface area contributed by atoms with Crippen molar-refractivity contribution in [2.24, 2.45) is 0 Å². The molecule has 1 atom stereocenters. The number of rotatable bonds is 4. The van der Waals surface area contributed by atoms with Crippen LogP contribution < -0.4 is 4.90 Å². The number of carboxylic acids is 1. The zero-order valence-electron chi connectivity index (χ0n) is 18.7. The third-order valence-electron chi connectivity index (χ3n) is 5.54. The minimum absolute atomic E-state index is 0.153. The van der Waals surface area contributed by atoms with E-state index in [1.54, 1.807) is 0 Å². The summed E-state index contributed by atoms with van der Waals surface area (Å²) < 4.78 is 1.82. The summed E-state index contributed by atoms with van der Waals surface area (Å²) in [5, 5.41) is 14.5. The summed E-state index contributed by atoms with van der Waals surface area (Å²) in [5.74, 6) is -0.507. The zero-order chi connectivity index (χ0) is 23.0. The van der Waals surface area contributed by atoms with E-state index in [9.17, 15) is 14.7 Å². The molecular formula is C25H27N3O3S. The van der Waals surface area contributed by atoms with Gasteiger partial charge in [-0.3, -0.25) is 14.5 Å². The number of carboxylic acid groups (broad SMARTS) is 1. The second-order valence-electron chi connectivity index (χ2n) is 8.96. The van der Waals surface area contributed by atoms with Crippen LogP contribution in [0.4, 0.5) is 5.82 Å². The average molecular weight is 450 g/mol. The fourth-order valence-electron chi connectivity index (χ4n) is 4.06. The van der Waals surface area contributed by atoms with Crippen LogP contribution in [0.1, 0.15) is 42.7 Å². The number of aliphatic carboxylic acids is 1. The van der Waals surface area contributed by atoms with Gasteiger partial charge in [-0.25, -0.2) is 4.68 Å². The number of amides is 1. The van der Waals surface area contributed by atoms with Crippen molar-refractivity contribution in [3.8, 4) is 11.3 Å². The lowest BCUT2D eigenvalue weighted by Crippen LogP contribution is -2.40. The van der Waals surface area contributed by atoms with Crippen LogP contribution in [0.2, 0.25) is 0 Å². The predicted octanol–water partition coefficient (Wildman–Crippen LogP) is 4.87. The molecule has 1 N–H and O–H groups in total. The van der Waals surface area contributed by atoms with Crippen LogP contribution >= 0.6 is 11.8 Å². The van der Waals surface area contributed by atoms with Gasteiger partial charge < -0.3 is 5.11 Å². The molecule has 32 heavy (non-hydrogen) atoms. The van der Waals surface area contributed by atoms with Gasteiger partial charge in [0.1, 0.15) is 12.4 Å². The first kappa shape index (κ1) is 22.1. The first-order valence-corrected chi connectivity index (χ1v) is 11.6. The summed E-state index contributed by atoms with van der Waals surface area (Å²) in [6.07, 6.45) is 0. The van der Waals surface area contributed by atoms with Gasteiger partial charge in [0, 0.05) is 11.1 Å². The lowest BCUT2D eigenvalue weighted by atomic mass is 9.96. The topological polar surface area (TPSA) is 75.4 Å². The molecule has 2 aromatic carbocycles. The van der Waals surface area contributed by atoms with Gasteiger partial charge in [-0.2, -0.15) is 5.10 Å². The molecule has 1 aliphatic heterocycles. The maximum atomic E-state index is 13.2. The Labute approximate surface area is 192 Å². The Kier molecular flexibility index (Phi) is 5.86. The summed E-state index contributed by atoms with van der Waals surface area (Å²) in [5.41, 5.74) is 4.38. The summed E-state index contributed by atoms with van der Waals surface area (Å²) in [7, 11) is 0. The Morgan fingerprint density at radius 3 is 2.41 bits per heavy atom. The van der Waals surface area contributed by atoms with Crippen LogP contribution in [-0.2, 0) is 15.1 Å². The lowest BCUT2D eigenvalue weighted by molar-refractivity contribution is -0.136. The summed E-state index contributed by atoms with van der Waals surface area (Å²) >= 11 is 1.53. The van der Waals surface area contributed by atoms with E-state index in [4.69, 9.17) is 5.10 Å². The summed E-state index contributed by atoms with van der Waals surface area (Å²) in [4.78, 5) is 26.3. The van der Waals surface area contributed by atoms with Gasteiger partial charge in [-0.05, 0) is 38.8 Å². The Hall–Kier alpha value is -3.06. The first-order valence-electron chi connectivity index (χ1n) is 10.6. The van der Waals surface area contributed by atoms with Crippen molar-refractivity contribution >= 4 is 29.5 Å². The molecule has 1 aromatic heterocycles. The Morgan fingerprint density at radius 1 is 1.12 bits per heavy atom. The van der Waals surface area contributed by atoms with E-state index in [-0.39, 0.29) is 16.9 Å². The number of hydrogen-bond donors (Lipinski definition) is 1. The van der Waals surface area contributed by atoms with Crippen molar-refractivity contribution in [3.05, 3.63) is 71.3 Å². The molecule has 0 fully saturated rings. The van der Waals surface area contributed by atoms with Crippen LogP contribution in [0.15, 0.2) is 54.6 Å². The van der Waals surface area contributed by atoms with E-state index in [0.717, 1.165) is 27.9 Å². The highest BCUT2D eigenvalue weighted by atomic mass is 32.2. The van der Waals surface area contributed by atoms with E-state index in [0.29, 0.717) is 5.82 Å². The van der Waals surface area contributed by atoms with E-state index in [1.165, 1.54) is 16.7 Å². The molecule has 7 heteroatoms. The number of aryl methyl sites for hydroxylation is 1. The maximum absolute atomic E-state index is 13.2. The number of aromatic nitrogens is 2. The van der Waals surface area contributed by atoms with Crippen LogP contribution in [-0.4, -0.2) is 39.1 Å². The molecule has 3 aromatic rings. The Morgan fingerprint density at radius 2 is 1.78 bits per heavy atom. The molecule has 0 saturated carbocycles. The lowest BCUT2D eigenvalue weighted by Gasteiger charge is -2.28. The van der Waals surface area contributed by atoms with Crippen molar-refractivity contribution < 1.29 is 14.7 Å². The van der Waals surface area contributed by atoms with E-state index in [2.05, 4.69) is 19.1 Å². The molecule has 0 saturated heterocycles. The van der Waals surface area contributed by atoms with Crippen molar-refractivity contribution in [1.82, 2.24) is 9.78 Å². The van der Waals surface area contributed by atoms with Crippen molar-refractivity contribution in [1.29, 1.82) is 0 Å². The van der Waals surface area contributed by atoms with Crippen molar-refractivity contribution in [2.75, 3.05) is 17.2 Å². The molecular weight excluding hydrogens is 422 g/mol. The molecule has 1 amide bonds. The number of fused-ring (bicyclic) bond motifs is 1. The Balaban J connectivity index is 2.09. The number of hydrogen-bond acceptors (Lipinski definition) is 4. The number of benzene rings is 2. The number of thioether (sulfide) groups is 1. The monoisotopic (exact) mass is 449 g/mol. The average Bonchev–Trinajstić information content (AvgIpc) is 3.08. The van der Waals surface area contributed by atoms with Gasteiger partial charge in [0.25, 0.3) is 0 Å². The normalized spacial score (nSPS) is 16.6. The fraction of sp³-hybridized carbons (Fsp3) is 0.320. The molecule has 2 heterocycles. The molecule has 0 spiro atoms. The quantitative estimate of drug-likeness (QED) is 0.615. The van der Waals surface area contributed by atoms with Gasteiger partial charge in [-0.15, -0.1) is 11.8 Å². The van der Waals surface area contributed by atoms with Crippen molar-refractivity contribution in [2.45, 2.75) is 38.5 Å². The smallest absolute Gasteiger partial charge is 0.323 e. The Bertz CT molecular complexity index is 1160. The summed E-state index contributed by atoms with van der Waals surface area (Å²) in [6.45, 7) is 7.70. The number of anilines is 1. The standard InChI is InChI=1S/C25H27N3O3S/c1-16-10-8-9-13-18(16)23-21-22(17-11-6-5-7-12-17)26-28(25(2,3)4)24(21)27(14-20(30)31)19(29)15-32-23/h5-13,23H,14-15H2,1-4H3,(H,30,31). The predicted molar refractivity (Wildman–Crippen MR) is 128 cm³/mol. The summed E-state index contributed by atoms with van der Waals surface area (Å²) in [6, 6.07) is 18.0. The van der Waals surface area contributed by atoms with Gasteiger partial charge in [0.15, 0.2) is 0 Å². The zero-order valence-corrected chi connectivity index (χ0v) is 19.5. The SMILES string of the molecule is Cc1ccccc1C1SCC(=O)N(CC(=O)O)c2c1c(-c1ccccc1)nn2C(C)(C)C. The molecule has 4 rings (SSSR count). The molecule has 166 valence electrons. The van der Waals surface area contributed by atoms with Crippen LogP contribution in [0.25, 0.3) is 11.3 Å². The molecule has 0 aliphatic carbocycles. The van der Waals surface area contributed by atoms with Crippen LogP contribution in [0.5, 0.6) is 0 Å². The van der Waals surface area contributed by atoms with E-state index in [1.807, 2.05) is 67.9 Å². The van der Waals surface area contributed by atoms with E-state index < -0.39 is 18.1 Å². The first-order chi connectivity index (χ1) is 15.2. The second-order valence-corrected chi connectivity index (χ2v) is 10.0. The van der Waals surface area contributed by atoms with E-state index >= 15 is 0 Å². The fourth-order valence-corrected chi connectivity index (χ4v) is 5.35. The minimum Gasteiger partial charge on any atom is -0.480 e. The molecule has 1 aliphatic rings. The van der Waals surface area contributed by atoms with Gasteiger partial charge in [-0.1, -0.05) is 54.6 Å².